The van der Waals surface area contributed by atoms with Gasteiger partial charge in [0, 0.05) is 10.4 Å². The molecule has 1 aliphatic carbocycles. The molecule has 9 heteroatoms. The third kappa shape index (κ3) is 1.99. The SMILES string of the molecule is Cc1nc2c(cnn2-c2ncnc3sc4c(c23)-c2ccccc2CC4)c2ncnn12. The van der Waals surface area contributed by atoms with Crippen LogP contribution >= 0.6 is 11.3 Å². The van der Waals surface area contributed by atoms with Gasteiger partial charge >= 0.3 is 0 Å². The van der Waals surface area contributed by atoms with Crippen LogP contribution in [-0.4, -0.2) is 39.3 Å². The van der Waals surface area contributed by atoms with E-state index in [0.29, 0.717) is 0 Å². The molecule has 8 nitrogen and oxygen atoms in total. The van der Waals surface area contributed by atoms with Gasteiger partial charge in [-0.05, 0) is 30.9 Å². The summed E-state index contributed by atoms with van der Waals surface area (Å²) in [7, 11) is 0. The van der Waals surface area contributed by atoms with E-state index >= 15 is 0 Å². The predicted octanol–water partition coefficient (Wildman–Crippen LogP) is 3.54. The third-order valence-electron chi connectivity index (χ3n) is 5.76. The Morgan fingerprint density at radius 1 is 0.967 bits per heavy atom. The number of aromatic nitrogens is 8. The van der Waals surface area contributed by atoms with Crippen molar-refractivity contribution in [3.8, 4) is 16.9 Å². The van der Waals surface area contributed by atoms with Crippen molar-refractivity contribution in [2.75, 3.05) is 0 Å². The van der Waals surface area contributed by atoms with Gasteiger partial charge in [-0.15, -0.1) is 11.3 Å². The van der Waals surface area contributed by atoms with Gasteiger partial charge in [-0.2, -0.15) is 19.4 Å². The Labute approximate surface area is 173 Å². The highest BCUT2D eigenvalue weighted by atomic mass is 32.1. The number of benzene rings is 1. The number of aryl methyl sites for hydroxylation is 3. The van der Waals surface area contributed by atoms with E-state index in [0.717, 1.165) is 51.4 Å². The van der Waals surface area contributed by atoms with Crippen LogP contribution < -0.4 is 0 Å². The molecule has 30 heavy (non-hydrogen) atoms. The van der Waals surface area contributed by atoms with Gasteiger partial charge < -0.3 is 0 Å². The lowest BCUT2D eigenvalue weighted by atomic mass is 9.89. The quantitative estimate of drug-likeness (QED) is 0.412. The number of thiophene rings is 1. The molecule has 5 aromatic heterocycles. The molecule has 0 fully saturated rings. The molecule has 1 aliphatic rings. The summed E-state index contributed by atoms with van der Waals surface area (Å²) < 4.78 is 3.54. The largest absolute Gasteiger partial charge is 0.225 e. The molecule has 0 radical (unpaired) electrons. The number of hydrogen-bond acceptors (Lipinski definition) is 7. The molecule has 144 valence electrons. The van der Waals surface area contributed by atoms with Crippen LogP contribution in [0.2, 0.25) is 0 Å². The zero-order chi connectivity index (χ0) is 19.8. The summed E-state index contributed by atoms with van der Waals surface area (Å²) in [6.45, 7) is 1.91. The summed E-state index contributed by atoms with van der Waals surface area (Å²) in [4.78, 5) is 20.7. The zero-order valence-corrected chi connectivity index (χ0v) is 16.8. The van der Waals surface area contributed by atoms with Crippen molar-refractivity contribution in [3.63, 3.8) is 0 Å². The highest BCUT2D eigenvalue weighted by Gasteiger charge is 2.26. The highest BCUT2D eigenvalue weighted by Crippen LogP contribution is 2.45. The van der Waals surface area contributed by atoms with E-state index in [1.165, 1.54) is 27.9 Å². The van der Waals surface area contributed by atoms with Crippen molar-refractivity contribution in [2.45, 2.75) is 19.8 Å². The average Bonchev–Trinajstić information content (AvgIpc) is 3.49. The molecule has 0 N–H and O–H groups in total. The summed E-state index contributed by atoms with van der Waals surface area (Å²) in [5.41, 5.74) is 5.32. The molecule has 1 aromatic carbocycles. The van der Waals surface area contributed by atoms with E-state index in [2.05, 4.69) is 49.4 Å². The van der Waals surface area contributed by atoms with Gasteiger partial charge in [0.1, 0.15) is 23.3 Å². The van der Waals surface area contributed by atoms with E-state index in [9.17, 15) is 0 Å². The molecule has 7 rings (SSSR count). The minimum absolute atomic E-state index is 0.719. The topological polar surface area (TPSA) is 86.7 Å². The molecule has 0 saturated heterocycles. The molecule has 5 heterocycles. The van der Waals surface area contributed by atoms with Crippen molar-refractivity contribution >= 4 is 38.2 Å². The molecule has 0 bridgehead atoms. The van der Waals surface area contributed by atoms with E-state index in [1.54, 1.807) is 28.4 Å². The van der Waals surface area contributed by atoms with Crippen LogP contribution in [0, 0.1) is 6.92 Å². The van der Waals surface area contributed by atoms with E-state index < -0.39 is 0 Å². The van der Waals surface area contributed by atoms with Crippen molar-refractivity contribution in [1.82, 2.24) is 39.3 Å². The predicted molar refractivity (Wildman–Crippen MR) is 114 cm³/mol. The smallest absolute Gasteiger partial charge is 0.170 e. The second-order valence-electron chi connectivity index (χ2n) is 7.38. The monoisotopic (exact) mass is 410 g/mol. The molecule has 0 aliphatic heterocycles. The minimum Gasteiger partial charge on any atom is -0.225 e. The normalized spacial score (nSPS) is 13.2. The Morgan fingerprint density at radius 3 is 2.87 bits per heavy atom. The molecular formula is C21H14N8S. The molecule has 0 amide bonds. The van der Waals surface area contributed by atoms with Crippen LogP contribution in [0.15, 0.2) is 43.1 Å². The standard InChI is InChI=1S/C21H14N8S/c1-11-27-19-14(18-23-10-26-28(11)18)8-25-29(19)20-17-16-13-5-3-2-4-12(13)6-7-15(16)30-21(17)24-9-22-20/h2-5,8-10H,6-7H2,1H3. The first-order valence-electron chi connectivity index (χ1n) is 9.68. The van der Waals surface area contributed by atoms with Crippen LogP contribution in [0.3, 0.4) is 0 Å². The molecular weight excluding hydrogens is 396 g/mol. The lowest BCUT2D eigenvalue weighted by Gasteiger charge is -2.17. The lowest BCUT2D eigenvalue weighted by molar-refractivity contribution is 0.839. The number of rotatable bonds is 1. The Bertz CT molecular complexity index is 1620. The maximum absolute atomic E-state index is 4.76. The number of fused-ring (bicyclic) bond motifs is 8. The fraction of sp³-hybridized carbons (Fsp3) is 0.143. The molecule has 0 saturated carbocycles. The van der Waals surface area contributed by atoms with Crippen LogP contribution in [0.5, 0.6) is 0 Å². The first-order valence-corrected chi connectivity index (χ1v) is 10.5. The van der Waals surface area contributed by atoms with Crippen molar-refractivity contribution in [2.24, 2.45) is 0 Å². The van der Waals surface area contributed by atoms with Gasteiger partial charge in [0.25, 0.3) is 0 Å². The fourth-order valence-electron chi connectivity index (χ4n) is 4.44. The Kier molecular flexibility index (Phi) is 3.04. The zero-order valence-electron chi connectivity index (χ0n) is 15.9. The first-order chi connectivity index (χ1) is 14.8. The Hall–Kier alpha value is -3.72. The maximum atomic E-state index is 4.76. The van der Waals surface area contributed by atoms with Gasteiger partial charge in [-0.1, -0.05) is 24.3 Å². The van der Waals surface area contributed by atoms with E-state index in [4.69, 9.17) is 4.98 Å². The summed E-state index contributed by atoms with van der Waals surface area (Å²) in [5.74, 6) is 1.50. The Balaban J connectivity index is 1.59. The average molecular weight is 410 g/mol. The molecule has 0 unspecified atom stereocenters. The summed E-state index contributed by atoms with van der Waals surface area (Å²) in [6.07, 6.45) is 7.00. The van der Waals surface area contributed by atoms with Gasteiger partial charge in [0.2, 0.25) is 0 Å². The summed E-state index contributed by atoms with van der Waals surface area (Å²) in [6, 6.07) is 8.60. The lowest BCUT2D eigenvalue weighted by Crippen LogP contribution is -2.06. The van der Waals surface area contributed by atoms with E-state index in [-0.39, 0.29) is 0 Å². The van der Waals surface area contributed by atoms with Crippen LogP contribution in [0.1, 0.15) is 16.3 Å². The van der Waals surface area contributed by atoms with Crippen LogP contribution in [0.25, 0.3) is 43.8 Å². The summed E-state index contributed by atoms with van der Waals surface area (Å²) in [5, 5.41) is 10.8. The van der Waals surface area contributed by atoms with Crippen LogP contribution in [0.4, 0.5) is 0 Å². The van der Waals surface area contributed by atoms with Crippen molar-refractivity contribution < 1.29 is 0 Å². The molecule has 6 aromatic rings. The summed E-state index contributed by atoms with van der Waals surface area (Å²) >= 11 is 1.75. The number of hydrogen-bond donors (Lipinski definition) is 0. The van der Waals surface area contributed by atoms with E-state index in [1.807, 2.05) is 11.6 Å². The molecule has 0 atom stereocenters. The second kappa shape index (κ2) is 5.67. The third-order valence-corrected chi connectivity index (χ3v) is 6.91. The van der Waals surface area contributed by atoms with Gasteiger partial charge in [-0.25, -0.2) is 19.9 Å². The van der Waals surface area contributed by atoms with Crippen molar-refractivity contribution in [1.29, 1.82) is 0 Å². The highest BCUT2D eigenvalue weighted by molar-refractivity contribution is 7.19. The Morgan fingerprint density at radius 2 is 1.90 bits per heavy atom. The second-order valence-corrected chi connectivity index (χ2v) is 8.47. The van der Waals surface area contributed by atoms with Crippen molar-refractivity contribution in [3.05, 3.63) is 59.4 Å². The minimum atomic E-state index is 0.719. The molecule has 0 spiro atoms. The van der Waals surface area contributed by atoms with Crippen LogP contribution in [-0.2, 0) is 12.8 Å². The first kappa shape index (κ1) is 16.1. The van der Waals surface area contributed by atoms with Gasteiger partial charge in [-0.3, -0.25) is 0 Å². The maximum Gasteiger partial charge on any atom is 0.170 e. The fourth-order valence-corrected chi connectivity index (χ4v) is 5.59. The van der Waals surface area contributed by atoms with Gasteiger partial charge in [0.05, 0.1) is 17.0 Å². The number of nitrogens with zero attached hydrogens (tertiary/aromatic N) is 8. The van der Waals surface area contributed by atoms with Gasteiger partial charge in [0.15, 0.2) is 17.1 Å².